The molecule has 0 radical (unpaired) electrons. The Morgan fingerprint density at radius 3 is 2.44 bits per heavy atom. The SMILES string of the molecule is CNC(c1ccccc1)C(C)N(C)CC1CCC1. The first kappa shape index (κ1) is 13.6. The molecular formula is C16H26N2. The van der Waals surface area contributed by atoms with Crippen molar-refractivity contribution in [2.45, 2.75) is 38.3 Å². The van der Waals surface area contributed by atoms with Gasteiger partial charge >= 0.3 is 0 Å². The molecule has 0 bridgehead atoms. The number of hydrogen-bond donors (Lipinski definition) is 1. The standard InChI is InChI=1S/C16H26N2/c1-13(18(3)12-14-8-7-9-14)16(17-2)15-10-5-4-6-11-15/h4-6,10-11,13-14,16-17H,7-9,12H2,1-3H3. The molecule has 1 aromatic rings. The van der Waals surface area contributed by atoms with Crippen molar-refractivity contribution in [3.05, 3.63) is 35.9 Å². The third-order valence-electron chi connectivity index (χ3n) is 4.42. The van der Waals surface area contributed by atoms with Crippen LogP contribution in [0.1, 0.15) is 37.8 Å². The Morgan fingerprint density at radius 2 is 1.94 bits per heavy atom. The fourth-order valence-electron chi connectivity index (χ4n) is 2.85. The lowest BCUT2D eigenvalue weighted by molar-refractivity contribution is 0.147. The number of nitrogens with zero attached hydrogens (tertiary/aromatic N) is 1. The molecule has 0 aromatic heterocycles. The molecule has 2 unspecified atom stereocenters. The van der Waals surface area contributed by atoms with Crippen molar-refractivity contribution in [3.63, 3.8) is 0 Å². The van der Waals surface area contributed by atoms with E-state index in [9.17, 15) is 0 Å². The summed E-state index contributed by atoms with van der Waals surface area (Å²) in [6.45, 7) is 3.57. The highest BCUT2D eigenvalue weighted by Crippen LogP contribution is 2.28. The second kappa shape index (κ2) is 6.35. The van der Waals surface area contributed by atoms with E-state index in [1.165, 1.54) is 31.4 Å². The van der Waals surface area contributed by atoms with E-state index in [1.54, 1.807) is 0 Å². The van der Waals surface area contributed by atoms with Gasteiger partial charge in [0.25, 0.3) is 0 Å². The average molecular weight is 246 g/mol. The highest BCUT2D eigenvalue weighted by molar-refractivity contribution is 5.20. The zero-order valence-electron chi connectivity index (χ0n) is 11.9. The van der Waals surface area contributed by atoms with Crippen molar-refractivity contribution in [2.24, 2.45) is 5.92 Å². The highest BCUT2D eigenvalue weighted by Gasteiger charge is 2.25. The molecule has 0 heterocycles. The third kappa shape index (κ3) is 3.12. The van der Waals surface area contributed by atoms with Gasteiger partial charge in [-0.1, -0.05) is 36.8 Å². The fraction of sp³-hybridized carbons (Fsp3) is 0.625. The largest absolute Gasteiger partial charge is 0.312 e. The van der Waals surface area contributed by atoms with Crippen molar-refractivity contribution in [3.8, 4) is 0 Å². The summed E-state index contributed by atoms with van der Waals surface area (Å²) in [5, 5.41) is 3.47. The smallest absolute Gasteiger partial charge is 0.0472 e. The summed E-state index contributed by atoms with van der Waals surface area (Å²) in [6.07, 6.45) is 4.28. The molecule has 1 fully saturated rings. The van der Waals surface area contributed by atoms with Gasteiger partial charge in [0.1, 0.15) is 0 Å². The lowest BCUT2D eigenvalue weighted by Crippen LogP contribution is -2.42. The molecular weight excluding hydrogens is 220 g/mol. The molecule has 0 aliphatic heterocycles. The number of rotatable bonds is 6. The molecule has 0 spiro atoms. The van der Waals surface area contributed by atoms with Crippen molar-refractivity contribution in [1.82, 2.24) is 10.2 Å². The topological polar surface area (TPSA) is 15.3 Å². The Kier molecular flexibility index (Phi) is 4.79. The minimum Gasteiger partial charge on any atom is -0.312 e. The van der Waals surface area contributed by atoms with Gasteiger partial charge in [-0.05, 0) is 45.3 Å². The van der Waals surface area contributed by atoms with E-state index in [1.807, 2.05) is 0 Å². The van der Waals surface area contributed by atoms with Crippen LogP contribution < -0.4 is 5.32 Å². The van der Waals surface area contributed by atoms with E-state index in [4.69, 9.17) is 0 Å². The fourth-order valence-corrected chi connectivity index (χ4v) is 2.85. The first-order valence-corrected chi connectivity index (χ1v) is 7.15. The third-order valence-corrected chi connectivity index (χ3v) is 4.42. The summed E-state index contributed by atoms with van der Waals surface area (Å²) in [4.78, 5) is 2.51. The Hall–Kier alpha value is -0.860. The van der Waals surface area contributed by atoms with E-state index in [0.717, 1.165) is 5.92 Å². The van der Waals surface area contributed by atoms with Gasteiger partial charge < -0.3 is 10.2 Å². The van der Waals surface area contributed by atoms with Crippen LogP contribution in [0.3, 0.4) is 0 Å². The van der Waals surface area contributed by atoms with E-state index >= 15 is 0 Å². The van der Waals surface area contributed by atoms with Crippen LogP contribution >= 0.6 is 0 Å². The Balaban J connectivity index is 1.97. The van der Waals surface area contributed by atoms with Gasteiger partial charge in [0.05, 0.1) is 0 Å². The van der Waals surface area contributed by atoms with Gasteiger partial charge in [0.2, 0.25) is 0 Å². The van der Waals surface area contributed by atoms with Gasteiger partial charge in [0, 0.05) is 18.6 Å². The lowest BCUT2D eigenvalue weighted by Gasteiger charge is -2.37. The number of likely N-dealkylation sites (N-methyl/N-ethyl adjacent to an activating group) is 2. The summed E-state index contributed by atoms with van der Waals surface area (Å²) in [6, 6.07) is 11.7. The van der Waals surface area contributed by atoms with Gasteiger partial charge in [-0.3, -0.25) is 0 Å². The first-order chi connectivity index (χ1) is 8.72. The Bertz CT molecular complexity index is 345. The Labute approximate surface area is 111 Å². The van der Waals surface area contributed by atoms with Gasteiger partial charge in [0.15, 0.2) is 0 Å². The maximum Gasteiger partial charge on any atom is 0.0472 e. The minimum atomic E-state index is 0.413. The van der Waals surface area contributed by atoms with Crippen molar-refractivity contribution >= 4 is 0 Å². The normalized spacial score (nSPS) is 19.6. The van der Waals surface area contributed by atoms with Crippen LogP contribution in [0, 0.1) is 5.92 Å². The Morgan fingerprint density at radius 1 is 1.28 bits per heavy atom. The summed E-state index contributed by atoms with van der Waals surface area (Å²) in [5.74, 6) is 0.936. The van der Waals surface area contributed by atoms with Gasteiger partial charge in [-0.25, -0.2) is 0 Å². The molecule has 18 heavy (non-hydrogen) atoms. The average Bonchev–Trinajstić information content (AvgIpc) is 2.35. The lowest BCUT2D eigenvalue weighted by atomic mass is 9.84. The zero-order chi connectivity index (χ0) is 13.0. The van der Waals surface area contributed by atoms with Gasteiger partial charge in [-0.2, -0.15) is 0 Å². The molecule has 1 aliphatic rings. The number of benzene rings is 1. The van der Waals surface area contributed by atoms with Crippen LogP contribution in [0.5, 0.6) is 0 Å². The highest BCUT2D eigenvalue weighted by atomic mass is 15.2. The van der Waals surface area contributed by atoms with Gasteiger partial charge in [-0.15, -0.1) is 0 Å². The van der Waals surface area contributed by atoms with Crippen LogP contribution in [-0.4, -0.2) is 31.6 Å². The van der Waals surface area contributed by atoms with Crippen LogP contribution in [0.25, 0.3) is 0 Å². The molecule has 0 amide bonds. The predicted molar refractivity (Wildman–Crippen MR) is 77.7 cm³/mol. The van der Waals surface area contributed by atoms with Crippen molar-refractivity contribution in [1.29, 1.82) is 0 Å². The molecule has 2 heteroatoms. The summed E-state index contributed by atoms with van der Waals surface area (Å²) in [7, 11) is 4.32. The van der Waals surface area contributed by atoms with E-state index < -0.39 is 0 Å². The molecule has 1 aromatic carbocycles. The molecule has 0 saturated heterocycles. The minimum absolute atomic E-state index is 0.413. The summed E-state index contributed by atoms with van der Waals surface area (Å²) >= 11 is 0. The van der Waals surface area contributed by atoms with E-state index in [2.05, 4.69) is 61.6 Å². The zero-order valence-corrected chi connectivity index (χ0v) is 11.9. The maximum absolute atomic E-state index is 3.47. The molecule has 1 aliphatic carbocycles. The predicted octanol–water partition coefficient (Wildman–Crippen LogP) is 3.07. The molecule has 2 rings (SSSR count). The van der Waals surface area contributed by atoms with E-state index in [0.29, 0.717) is 12.1 Å². The monoisotopic (exact) mass is 246 g/mol. The van der Waals surface area contributed by atoms with E-state index in [-0.39, 0.29) is 0 Å². The van der Waals surface area contributed by atoms with Crippen LogP contribution in [0.15, 0.2) is 30.3 Å². The molecule has 2 atom stereocenters. The van der Waals surface area contributed by atoms with Crippen molar-refractivity contribution in [2.75, 3.05) is 20.6 Å². The second-order valence-corrected chi connectivity index (χ2v) is 5.65. The summed E-state index contributed by atoms with van der Waals surface area (Å²) in [5.41, 5.74) is 1.38. The maximum atomic E-state index is 3.47. The second-order valence-electron chi connectivity index (χ2n) is 5.65. The summed E-state index contributed by atoms with van der Waals surface area (Å²) < 4.78 is 0. The van der Waals surface area contributed by atoms with Crippen molar-refractivity contribution < 1.29 is 0 Å². The molecule has 2 nitrogen and oxygen atoms in total. The quantitative estimate of drug-likeness (QED) is 0.830. The number of nitrogens with one attached hydrogen (secondary N) is 1. The molecule has 100 valence electrons. The molecule has 1 N–H and O–H groups in total. The number of hydrogen-bond acceptors (Lipinski definition) is 2. The van der Waals surface area contributed by atoms with Crippen LogP contribution in [-0.2, 0) is 0 Å². The van der Waals surface area contributed by atoms with Crippen LogP contribution in [0.4, 0.5) is 0 Å². The first-order valence-electron chi connectivity index (χ1n) is 7.15. The van der Waals surface area contributed by atoms with Crippen LogP contribution in [0.2, 0.25) is 0 Å². The molecule has 1 saturated carbocycles.